The van der Waals surface area contributed by atoms with Gasteiger partial charge in [0.15, 0.2) is 11.5 Å². The van der Waals surface area contributed by atoms with Crippen LogP contribution in [-0.2, 0) is 14.8 Å². The highest BCUT2D eigenvalue weighted by molar-refractivity contribution is 7.93. The van der Waals surface area contributed by atoms with E-state index in [1.807, 2.05) is 65.8 Å². The Hall–Kier alpha value is -3.52. The zero-order valence-electron chi connectivity index (χ0n) is 23.1. The molecule has 202 valence electrons. The molecule has 1 heterocycles. The summed E-state index contributed by atoms with van der Waals surface area (Å²) in [5, 5.41) is 1.37. The minimum absolute atomic E-state index is 0.00272. The molecule has 0 unspecified atom stereocenters. The molecule has 1 amide bonds. The average molecular weight is 537 g/mol. The van der Waals surface area contributed by atoms with Gasteiger partial charge in [0.05, 0.1) is 16.3 Å². The smallest absolute Gasteiger partial charge is 0.282 e. The Bertz CT molecular complexity index is 1420. The zero-order chi connectivity index (χ0) is 27.8. The van der Waals surface area contributed by atoms with E-state index in [0.29, 0.717) is 22.9 Å². The maximum absolute atomic E-state index is 14.6. The Balaban J connectivity index is 2.08. The number of nitrogens with zero attached hydrogens (tertiary/aromatic N) is 2. The summed E-state index contributed by atoms with van der Waals surface area (Å²) >= 11 is 0. The monoisotopic (exact) mass is 536 g/mol. The van der Waals surface area contributed by atoms with Crippen LogP contribution in [-0.4, -0.2) is 21.1 Å². The number of anilines is 2. The first-order valence-corrected chi connectivity index (χ1v) is 14.4. The Morgan fingerprint density at radius 3 is 2.00 bits per heavy atom. The van der Waals surface area contributed by atoms with Gasteiger partial charge in [-0.15, -0.1) is 0 Å². The van der Waals surface area contributed by atoms with Gasteiger partial charge in [0.1, 0.15) is 0 Å². The number of fused-ring (bicyclic) bond motifs is 1. The van der Waals surface area contributed by atoms with Crippen LogP contribution in [0.3, 0.4) is 0 Å². The van der Waals surface area contributed by atoms with Gasteiger partial charge in [0.25, 0.3) is 10.0 Å². The predicted molar refractivity (Wildman–Crippen MR) is 151 cm³/mol. The fourth-order valence-corrected chi connectivity index (χ4v) is 6.25. The zero-order valence-corrected chi connectivity index (χ0v) is 23.9. The van der Waals surface area contributed by atoms with Gasteiger partial charge in [-0.05, 0) is 72.2 Å². The molecule has 4 rings (SSSR count). The van der Waals surface area contributed by atoms with Crippen molar-refractivity contribution in [3.8, 4) is 11.5 Å². The number of para-hydroxylation sites is 1. The van der Waals surface area contributed by atoms with E-state index >= 15 is 0 Å². The highest BCUT2D eigenvalue weighted by Crippen LogP contribution is 2.41. The minimum atomic E-state index is -4.29. The molecule has 3 aromatic carbocycles. The van der Waals surface area contributed by atoms with Crippen molar-refractivity contribution in [2.75, 3.05) is 16.2 Å². The summed E-state index contributed by atoms with van der Waals surface area (Å²) in [6, 6.07) is 16.0. The Morgan fingerprint density at radius 2 is 1.45 bits per heavy atom. The molecule has 0 saturated carbocycles. The third-order valence-corrected chi connectivity index (χ3v) is 8.25. The van der Waals surface area contributed by atoms with E-state index in [1.165, 1.54) is 21.6 Å². The molecule has 0 spiro atoms. The lowest BCUT2D eigenvalue weighted by Crippen LogP contribution is -2.51. The van der Waals surface area contributed by atoms with Crippen molar-refractivity contribution < 1.29 is 22.7 Å². The van der Waals surface area contributed by atoms with Gasteiger partial charge in [-0.2, -0.15) is 12.8 Å². The first kappa shape index (κ1) is 27.5. The largest absolute Gasteiger partial charge is 0.454 e. The van der Waals surface area contributed by atoms with Crippen LogP contribution in [0.25, 0.3) is 0 Å². The molecule has 0 saturated heterocycles. The summed E-state index contributed by atoms with van der Waals surface area (Å²) in [6.07, 6.45) is 0.113. The summed E-state index contributed by atoms with van der Waals surface area (Å²) in [5.41, 5.74) is 4.55. The molecular formula is C30H36N2O5S. The van der Waals surface area contributed by atoms with Crippen molar-refractivity contribution in [3.63, 3.8) is 0 Å². The van der Waals surface area contributed by atoms with Gasteiger partial charge in [-0.3, -0.25) is 4.79 Å². The molecule has 0 radical (unpaired) electrons. The van der Waals surface area contributed by atoms with E-state index < -0.39 is 10.0 Å². The first-order valence-electron chi connectivity index (χ1n) is 12.9. The van der Waals surface area contributed by atoms with Crippen LogP contribution in [0, 0.1) is 13.8 Å². The lowest BCUT2D eigenvalue weighted by molar-refractivity contribution is -0.118. The van der Waals surface area contributed by atoms with Crippen LogP contribution in [0.4, 0.5) is 11.4 Å². The van der Waals surface area contributed by atoms with Gasteiger partial charge < -0.3 is 9.47 Å². The third-order valence-electron chi connectivity index (χ3n) is 6.57. The van der Waals surface area contributed by atoms with E-state index in [9.17, 15) is 13.2 Å². The molecule has 3 aromatic rings. The quantitative estimate of drug-likeness (QED) is 0.295. The van der Waals surface area contributed by atoms with Gasteiger partial charge >= 0.3 is 0 Å². The average Bonchev–Trinajstić information content (AvgIpc) is 3.33. The molecule has 0 bridgehead atoms. The molecule has 7 nitrogen and oxygen atoms in total. The SMILES string of the molecule is CCC(=O)N(c1c(C(C)C)cccc1C(C)C)N(c1cc(C)cc(C)c1)S(=O)(=O)c1ccc2c(c1)OCO2. The number of sulfonamides is 1. The molecule has 0 aliphatic carbocycles. The lowest BCUT2D eigenvalue weighted by atomic mass is 9.92. The van der Waals surface area contributed by atoms with Crippen LogP contribution in [0.1, 0.15) is 75.1 Å². The highest BCUT2D eigenvalue weighted by Gasteiger charge is 2.38. The number of hydrogen-bond acceptors (Lipinski definition) is 5. The fraction of sp³-hybridized carbons (Fsp3) is 0.367. The van der Waals surface area contributed by atoms with E-state index in [2.05, 4.69) is 0 Å². The van der Waals surface area contributed by atoms with Gasteiger partial charge in [0.2, 0.25) is 12.7 Å². The highest BCUT2D eigenvalue weighted by atomic mass is 32.2. The summed E-state index contributed by atoms with van der Waals surface area (Å²) in [7, 11) is -4.29. The summed E-state index contributed by atoms with van der Waals surface area (Å²) < 4.78 is 41.2. The van der Waals surface area contributed by atoms with Crippen molar-refractivity contribution in [3.05, 3.63) is 76.9 Å². The van der Waals surface area contributed by atoms with E-state index in [-0.39, 0.29) is 35.9 Å². The van der Waals surface area contributed by atoms with Crippen LogP contribution in [0.15, 0.2) is 59.5 Å². The second kappa shape index (κ2) is 10.7. The predicted octanol–water partition coefficient (Wildman–Crippen LogP) is 6.83. The number of carbonyl (C=O) groups excluding carboxylic acids is 1. The van der Waals surface area contributed by atoms with Crippen LogP contribution < -0.4 is 18.9 Å². The summed E-state index contributed by atoms with van der Waals surface area (Å²) in [6.45, 7) is 13.8. The molecule has 1 aliphatic rings. The van der Waals surface area contributed by atoms with Crippen LogP contribution in [0.5, 0.6) is 11.5 Å². The number of ether oxygens (including phenoxy) is 2. The Morgan fingerprint density at radius 1 is 0.868 bits per heavy atom. The molecule has 1 aliphatic heterocycles. The molecule has 38 heavy (non-hydrogen) atoms. The van der Waals surface area contributed by atoms with E-state index in [0.717, 1.165) is 22.3 Å². The van der Waals surface area contributed by atoms with Crippen molar-refractivity contribution in [2.24, 2.45) is 0 Å². The molecule has 0 atom stereocenters. The Kier molecular flexibility index (Phi) is 7.74. The minimum Gasteiger partial charge on any atom is -0.454 e. The van der Waals surface area contributed by atoms with Crippen molar-refractivity contribution in [2.45, 2.75) is 71.6 Å². The lowest BCUT2D eigenvalue weighted by Gasteiger charge is -2.38. The number of benzene rings is 3. The molecule has 0 N–H and O–H groups in total. The summed E-state index contributed by atoms with van der Waals surface area (Å²) in [4.78, 5) is 13.9. The second-order valence-electron chi connectivity index (χ2n) is 10.3. The van der Waals surface area contributed by atoms with Crippen LogP contribution in [0.2, 0.25) is 0 Å². The standard InChI is InChI=1S/C30H36N2O5S/c1-8-29(33)31(30-25(19(2)3)10-9-11-26(30)20(4)5)32(23-15-21(6)14-22(7)16-23)38(34,35)24-12-13-27-28(17-24)37-18-36-27/h9-17,19-20H,8,18H2,1-7H3. The van der Waals surface area contributed by atoms with Crippen molar-refractivity contribution in [1.82, 2.24) is 0 Å². The fourth-order valence-electron chi connectivity index (χ4n) is 4.78. The topological polar surface area (TPSA) is 76.2 Å². The molecule has 8 heteroatoms. The maximum atomic E-state index is 14.6. The van der Waals surface area contributed by atoms with Crippen molar-refractivity contribution in [1.29, 1.82) is 0 Å². The first-order chi connectivity index (χ1) is 17.9. The second-order valence-corrected chi connectivity index (χ2v) is 12.0. The number of rotatable bonds is 8. The Labute approximate surface area is 226 Å². The summed E-state index contributed by atoms with van der Waals surface area (Å²) in [5.74, 6) is 0.597. The van der Waals surface area contributed by atoms with Crippen molar-refractivity contribution >= 4 is 27.3 Å². The number of hydrazine groups is 1. The van der Waals surface area contributed by atoms with E-state index in [1.54, 1.807) is 25.1 Å². The van der Waals surface area contributed by atoms with E-state index in [4.69, 9.17) is 9.47 Å². The third kappa shape index (κ3) is 5.10. The maximum Gasteiger partial charge on any atom is 0.282 e. The number of amides is 1. The number of hydrogen-bond donors (Lipinski definition) is 0. The van der Waals surface area contributed by atoms with Gasteiger partial charge in [0, 0.05) is 12.5 Å². The molecular weight excluding hydrogens is 500 g/mol. The normalized spacial score (nSPS) is 12.8. The number of carbonyl (C=O) groups is 1. The number of aryl methyl sites for hydroxylation is 2. The van der Waals surface area contributed by atoms with Crippen LogP contribution >= 0.6 is 0 Å². The molecule has 0 fully saturated rings. The van der Waals surface area contributed by atoms with Gasteiger partial charge in [-0.25, -0.2) is 5.01 Å². The molecule has 0 aromatic heterocycles. The van der Waals surface area contributed by atoms with Gasteiger partial charge in [-0.1, -0.05) is 58.9 Å².